The fourth-order valence-electron chi connectivity index (χ4n) is 1.86. The number of methoxy groups -OCH3 is 1. The zero-order valence-electron chi connectivity index (χ0n) is 9.58. The van der Waals surface area contributed by atoms with Crippen molar-refractivity contribution in [1.29, 1.82) is 0 Å². The van der Waals surface area contributed by atoms with Crippen molar-refractivity contribution in [3.63, 3.8) is 0 Å². The molecule has 0 bridgehead atoms. The quantitative estimate of drug-likeness (QED) is 0.787. The lowest BCUT2D eigenvalue weighted by Gasteiger charge is -2.16. The van der Waals surface area contributed by atoms with E-state index in [0.29, 0.717) is 6.54 Å². The highest BCUT2D eigenvalue weighted by molar-refractivity contribution is 5.44. The molecule has 0 spiro atoms. The third-order valence-corrected chi connectivity index (χ3v) is 2.66. The van der Waals surface area contributed by atoms with E-state index >= 15 is 0 Å². The number of aliphatic hydroxyl groups excluding tert-OH is 1. The molecule has 15 heavy (non-hydrogen) atoms. The Morgan fingerprint density at radius 1 is 1.33 bits per heavy atom. The Balaban J connectivity index is 3.12. The molecule has 0 heterocycles. The fourth-order valence-corrected chi connectivity index (χ4v) is 1.86. The lowest BCUT2D eigenvalue weighted by Crippen LogP contribution is -2.16. The third kappa shape index (κ3) is 2.49. The van der Waals surface area contributed by atoms with Gasteiger partial charge in [0.2, 0.25) is 0 Å². The molecule has 0 aliphatic heterocycles. The zero-order valence-corrected chi connectivity index (χ0v) is 9.58. The number of rotatable bonds is 4. The number of aliphatic hydroxyl groups is 1. The summed E-state index contributed by atoms with van der Waals surface area (Å²) < 4.78 is 5.28. The molecule has 1 unspecified atom stereocenters. The van der Waals surface area contributed by atoms with Crippen molar-refractivity contribution in [1.82, 2.24) is 0 Å². The van der Waals surface area contributed by atoms with E-state index in [0.717, 1.165) is 22.4 Å². The number of hydrogen-bond donors (Lipinski definition) is 2. The average molecular weight is 209 g/mol. The highest BCUT2D eigenvalue weighted by Gasteiger charge is 2.12. The Kier molecular flexibility index (Phi) is 4.12. The standard InChI is InChI=1S/C12H19NO2/c1-8-4-10(11(6-13)7-14)5-9(2)12(8)15-3/h4-5,11,14H,6-7,13H2,1-3H3. The molecule has 1 rings (SSSR count). The van der Waals surface area contributed by atoms with Gasteiger partial charge in [-0.3, -0.25) is 0 Å². The van der Waals surface area contributed by atoms with E-state index < -0.39 is 0 Å². The van der Waals surface area contributed by atoms with Crippen LogP contribution in [-0.2, 0) is 0 Å². The van der Waals surface area contributed by atoms with Gasteiger partial charge in [0.05, 0.1) is 13.7 Å². The fraction of sp³-hybridized carbons (Fsp3) is 0.500. The molecular weight excluding hydrogens is 190 g/mol. The van der Waals surface area contributed by atoms with E-state index in [1.165, 1.54) is 0 Å². The molecule has 0 aliphatic rings. The van der Waals surface area contributed by atoms with Gasteiger partial charge in [-0.15, -0.1) is 0 Å². The summed E-state index contributed by atoms with van der Waals surface area (Å²) >= 11 is 0. The molecule has 3 heteroatoms. The van der Waals surface area contributed by atoms with Crippen molar-refractivity contribution in [3.8, 4) is 5.75 Å². The number of benzene rings is 1. The van der Waals surface area contributed by atoms with Crippen LogP contribution in [0.15, 0.2) is 12.1 Å². The highest BCUT2D eigenvalue weighted by Crippen LogP contribution is 2.27. The maximum absolute atomic E-state index is 9.18. The van der Waals surface area contributed by atoms with Gasteiger partial charge in [-0.2, -0.15) is 0 Å². The molecule has 1 aromatic carbocycles. The second-order valence-corrected chi connectivity index (χ2v) is 3.80. The van der Waals surface area contributed by atoms with Crippen LogP contribution in [0.25, 0.3) is 0 Å². The first-order chi connectivity index (χ1) is 7.13. The molecular formula is C12H19NO2. The van der Waals surface area contributed by atoms with Gasteiger partial charge in [0, 0.05) is 12.5 Å². The Hall–Kier alpha value is -1.06. The summed E-state index contributed by atoms with van der Waals surface area (Å²) in [5, 5.41) is 9.18. The molecule has 0 radical (unpaired) electrons. The van der Waals surface area contributed by atoms with Crippen LogP contribution < -0.4 is 10.5 Å². The molecule has 0 fully saturated rings. The molecule has 0 saturated heterocycles. The topological polar surface area (TPSA) is 55.5 Å². The minimum absolute atomic E-state index is 0.0216. The Bertz CT molecular complexity index is 309. The van der Waals surface area contributed by atoms with Gasteiger partial charge in [0.1, 0.15) is 5.75 Å². The van der Waals surface area contributed by atoms with Crippen molar-refractivity contribution in [2.45, 2.75) is 19.8 Å². The maximum atomic E-state index is 9.18. The summed E-state index contributed by atoms with van der Waals surface area (Å²) in [5.41, 5.74) is 8.84. The molecule has 3 N–H and O–H groups in total. The first kappa shape index (κ1) is 12.0. The van der Waals surface area contributed by atoms with E-state index in [2.05, 4.69) is 0 Å². The first-order valence-corrected chi connectivity index (χ1v) is 5.10. The zero-order chi connectivity index (χ0) is 11.4. The normalized spacial score (nSPS) is 12.6. The molecule has 0 aliphatic carbocycles. The molecule has 0 amide bonds. The average Bonchev–Trinajstić information content (AvgIpc) is 2.19. The van der Waals surface area contributed by atoms with Crippen LogP contribution in [0.1, 0.15) is 22.6 Å². The van der Waals surface area contributed by atoms with Crippen LogP contribution in [-0.4, -0.2) is 25.4 Å². The van der Waals surface area contributed by atoms with Gasteiger partial charge >= 0.3 is 0 Å². The number of ether oxygens (including phenoxy) is 1. The summed E-state index contributed by atoms with van der Waals surface area (Å²) in [5.74, 6) is 0.931. The number of nitrogens with two attached hydrogens (primary N) is 1. The lowest BCUT2D eigenvalue weighted by atomic mass is 9.95. The predicted molar refractivity (Wildman–Crippen MR) is 61.3 cm³/mol. The van der Waals surface area contributed by atoms with Crippen LogP contribution in [0.4, 0.5) is 0 Å². The van der Waals surface area contributed by atoms with Gasteiger partial charge in [-0.05, 0) is 30.5 Å². The molecule has 84 valence electrons. The van der Waals surface area contributed by atoms with Crippen LogP contribution in [0.5, 0.6) is 5.75 Å². The van der Waals surface area contributed by atoms with Crippen molar-refractivity contribution in [2.75, 3.05) is 20.3 Å². The third-order valence-electron chi connectivity index (χ3n) is 2.66. The summed E-state index contributed by atoms with van der Waals surface area (Å²) in [6.45, 7) is 4.55. The Morgan fingerprint density at radius 3 is 2.20 bits per heavy atom. The van der Waals surface area contributed by atoms with Gasteiger partial charge in [0.25, 0.3) is 0 Å². The molecule has 0 aromatic heterocycles. The van der Waals surface area contributed by atoms with E-state index in [1.54, 1.807) is 7.11 Å². The Morgan fingerprint density at radius 2 is 1.87 bits per heavy atom. The summed E-state index contributed by atoms with van der Waals surface area (Å²) in [7, 11) is 1.67. The van der Waals surface area contributed by atoms with Gasteiger partial charge in [0.15, 0.2) is 0 Å². The summed E-state index contributed by atoms with van der Waals surface area (Å²) in [6, 6.07) is 4.05. The van der Waals surface area contributed by atoms with Crippen molar-refractivity contribution < 1.29 is 9.84 Å². The molecule has 1 aromatic rings. The second kappa shape index (κ2) is 5.14. The SMILES string of the molecule is COc1c(C)cc(C(CN)CO)cc1C. The van der Waals surface area contributed by atoms with Crippen LogP contribution >= 0.6 is 0 Å². The largest absolute Gasteiger partial charge is 0.496 e. The summed E-state index contributed by atoms with van der Waals surface area (Å²) in [4.78, 5) is 0. The van der Waals surface area contributed by atoms with Crippen molar-refractivity contribution in [3.05, 3.63) is 28.8 Å². The van der Waals surface area contributed by atoms with Gasteiger partial charge < -0.3 is 15.6 Å². The van der Waals surface area contributed by atoms with Crippen LogP contribution in [0.3, 0.4) is 0 Å². The van der Waals surface area contributed by atoms with E-state index in [-0.39, 0.29) is 12.5 Å². The van der Waals surface area contributed by atoms with Crippen molar-refractivity contribution >= 4 is 0 Å². The van der Waals surface area contributed by atoms with E-state index in [4.69, 9.17) is 10.5 Å². The van der Waals surface area contributed by atoms with E-state index in [9.17, 15) is 5.11 Å². The smallest absolute Gasteiger partial charge is 0.124 e. The van der Waals surface area contributed by atoms with Crippen LogP contribution in [0.2, 0.25) is 0 Å². The first-order valence-electron chi connectivity index (χ1n) is 5.10. The van der Waals surface area contributed by atoms with Gasteiger partial charge in [-0.25, -0.2) is 0 Å². The van der Waals surface area contributed by atoms with Crippen LogP contribution in [0, 0.1) is 13.8 Å². The van der Waals surface area contributed by atoms with Gasteiger partial charge in [-0.1, -0.05) is 12.1 Å². The maximum Gasteiger partial charge on any atom is 0.124 e. The molecule has 0 saturated carbocycles. The summed E-state index contributed by atoms with van der Waals surface area (Å²) in [6.07, 6.45) is 0. The predicted octanol–water partition coefficient (Wildman–Crippen LogP) is 1.35. The second-order valence-electron chi connectivity index (χ2n) is 3.80. The highest BCUT2D eigenvalue weighted by atomic mass is 16.5. The van der Waals surface area contributed by atoms with Crippen molar-refractivity contribution in [2.24, 2.45) is 5.73 Å². The molecule has 3 nitrogen and oxygen atoms in total. The monoisotopic (exact) mass is 209 g/mol. The minimum atomic E-state index is 0.0216. The Labute approximate surface area is 90.9 Å². The van der Waals surface area contributed by atoms with E-state index in [1.807, 2.05) is 26.0 Å². The minimum Gasteiger partial charge on any atom is -0.496 e. The lowest BCUT2D eigenvalue weighted by molar-refractivity contribution is 0.267. The number of hydrogen-bond acceptors (Lipinski definition) is 3. The molecule has 1 atom stereocenters. The number of aryl methyl sites for hydroxylation is 2.